The van der Waals surface area contributed by atoms with E-state index in [2.05, 4.69) is 46.2 Å². The van der Waals surface area contributed by atoms with E-state index in [1.54, 1.807) is 0 Å². The molecule has 0 radical (unpaired) electrons. The highest BCUT2D eigenvalue weighted by molar-refractivity contribution is 6.70. The molecule has 1 heterocycles. The van der Waals surface area contributed by atoms with Crippen LogP contribution < -0.4 is 0 Å². The predicted molar refractivity (Wildman–Crippen MR) is 91.6 cm³/mol. The molecule has 1 fully saturated rings. The molecule has 0 aliphatic carbocycles. The molecule has 0 saturated carbocycles. The summed E-state index contributed by atoms with van der Waals surface area (Å²) < 4.78 is 19.0. The molecule has 1 saturated heterocycles. The van der Waals surface area contributed by atoms with Gasteiger partial charge in [0.05, 0.1) is 30.5 Å². The third-order valence-corrected chi connectivity index (χ3v) is 5.63. The average Bonchev–Trinajstić information content (AvgIpc) is 2.25. The Morgan fingerprint density at radius 3 is 1.86 bits per heavy atom. The first kappa shape index (κ1) is 19.3. The van der Waals surface area contributed by atoms with Crippen molar-refractivity contribution in [3.05, 3.63) is 0 Å². The fourth-order valence-corrected chi connectivity index (χ4v) is 5.15. The van der Waals surface area contributed by atoms with Crippen LogP contribution in [0.1, 0.15) is 20.8 Å². The summed E-state index contributed by atoms with van der Waals surface area (Å²) in [6.07, 6.45) is -0.305. The highest BCUT2D eigenvalue weighted by Gasteiger charge is 2.51. The summed E-state index contributed by atoms with van der Waals surface area (Å²) in [6.45, 7) is 19.4. The van der Waals surface area contributed by atoms with Crippen molar-refractivity contribution in [2.45, 2.75) is 84.0 Å². The van der Waals surface area contributed by atoms with E-state index in [0.29, 0.717) is 0 Å². The molecule has 1 N–H and O–H groups in total. The topological polar surface area (TPSA) is 47.9 Å². The lowest BCUT2D eigenvalue weighted by Gasteiger charge is -2.52. The van der Waals surface area contributed by atoms with E-state index < -0.39 is 22.2 Å². The van der Waals surface area contributed by atoms with E-state index in [9.17, 15) is 5.11 Å². The second-order valence-corrected chi connectivity index (χ2v) is 17.6. The van der Waals surface area contributed by atoms with Gasteiger partial charge in [-0.1, -0.05) is 6.92 Å². The van der Waals surface area contributed by atoms with Crippen LogP contribution in [-0.4, -0.2) is 52.3 Å². The zero-order chi connectivity index (χ0) is 16.6. The summed E-state index contributed by atoms with van der Waals surface area (Å²) >= 11 is 0. The lowest BCUT2D eigenvalue weighted by atomic mass is 9.83. The quantitative estimate of drug-likeness (QED) is 0.784. The Kier molecular flexibility index (Phi) is 5.90. The van der Waals surface area contributed by atoms with Gasteiger partial charge in [0.15, 0.2) is 16.6 Å². The molecule has 4 atom stereocenters. The van der Waals surface area contributed by atoms with Crippen LogP contribution in [0.4, 0.5) is 0 Å². The summed E-state index contributed by atoms with van der Waals surface area (Å²) in [4.78, 5) is 0. The van der Waals surface area contributed by atoms with Gasteiger partial charge in [-0.25, -0.2) is 0 Å². The molecule has 6 heteroatoms. The lowest BCUT2D eigenvalue weighted by Crippen LogP contribution is -2.64. The van der Waals surface area contributed by atoms with Crippen LogP contribution in [0.15, 0.2) is 0 Å². The maximum Gasteiger partial charge on any atom is 0.184 e. The van der Waals surface area contributed by atoms with Gasteiger partial charge in [-0.15, -0.1) is 0 Å². The van der Waals surface area contributed by atoms with Gasteiger partial charge in [0.2, 0.25) is 0 Å². The first-order valence-electron chi connectivity index (χ1n) is 7.91. The van der Waals surface area contributed by atoms with Crippen molar-refractivity contribution in [1.29, 1.82) is 0 Å². The van der Waals surface area contributed by atoms with Crippen LogP contribution in [0.3, 0.4) is 0 Å². The van der Waals surface area contributed by atoms with Gasteiger partial charge in [-0.3, -0.25) is 0 Å². The minimum atomic E-state index is -1.72. The van der Waals surface area contributed by atoms with Gasteiger partial charge in [-0.2, -0.15) is 0 Å². The van der Waals surface area contributed by atoms with Crippen molar-refractivity contribution in [2.75, 3.05) is 6.61 Å². The van der Waals surface area contributed by atoms with Gasteiger partial charge in [-0.05, 0) is 53.1 Å². The minimum absolute atomic E-state index is 0.0236. The molecule has 0 aromatic carbocycles. The molecule has 0 amide bonds. The van der Waals surface area contributed by atoms with Crippen molar-refractivity contribution in [3.63, 3.8) is 0 Å². The van der Waals surface area contributed by atoms with E-state index >= 15 is 0 Å². The second-order valence-electron chi connectivity index (χ2n) is 8.65. The average molecular weight is 335 g/mol. The van der Waals surface area contributed by atoms with Crippen molar-refractivity contribution >= 4 is 16.6 Å². The van der Waals surface area contributed by atoms with E-state index in [-0.39, 0.29) is 30.8 Å². The standard InChI is InChI=1S/C15H34O4Si2/c1-11-12(10-16)17-15(2,3)14(19-21(7,8)9)13(11)18-20(4,5)6/h11-14,16H,10H2,1-9H3. The monoisotopic (exact) mass is 334 g/mol. The van der Waals surface area contributed by atoms with Crippen molar-refractivity contribution in [3.8, 4) is 0 Å². The van der Waals surface area contributed by atoms with E-state index in [1.807, 2.05) is 13.8 Å². The molecule has 21 heavy (non-hydrogen) atoms. The van der Waals surface area contributed by atoms with Crippen molar-refractivity contribution < 1.29 is 18.7 Å². The first-order valence-corrected chi connectivity index (χ1v) is 14.7. The molecule has 0 aromatic rings. The summed E-state index contributed by atoms with van der Waals surface area (Å²) in [5.74, 6) is 0.121. The summed E-state index contributed by atoms with van der Waals surface area (Å²) in [7, 11) is -3.43. The Balaban J connectivity index is 3.11. The molecule has 4 nitrogen and oxygen atoms in total. The first-order chi connectivity index (χ1) is 9.27. The van der Waals surface area contributed by atoms with E-state index in [0.717, 1.165) is 0 Å². The maximum absolute atomic E-state index is 9.63. The van der Waals surface area contributed by atoms with Crippen LogP contribution in [0, 0.1) is 5.92 Å². The second kappa shape index (κ2) is 6.41. The molecule has 0 aromatic heterocycles. The van der Waals surface area contributed by atoms with Crippen molar-refractivity contribution in [1.82, 2.24) is 0 Å². The number of hydrogen-bond acceptors (Lipinski definition) is 4. The molecule has 4 unspecified atom stereocenters. The lowest BCUT2D eigenvalue weighted by molar-refractivity contribution is -0.233. The summed E-state index contributed by atoms with van der Waals surface area (Å²) in [5.41, 5.74) is -0.454. The van der Waals surface area contributed by atoms with Crippen LogP contribution in [0.5, 0.6) is 0 Å². The van der Waals surface area contributed by atoms with Gasteiger partial charge in [0, 0.05) is 5.92 Å². The van der Waals surface area contributed by atoms with E-state index in [1.165, 1.54) is 0 Å². The fraction of sp³-hybridized carbons (Fsp3) is 1.00. The number of hydrogen-bond donors (Lipinski definition) is 1. The molecule has 1 aliphatic heterocycles. The Bertz CT molecular complexity index is 347. The van der Waals surface area contributed by atoms with Gasteiger partial charge < -0.3 is 18.7 Å². The Morgan fingerprint density at radius 1 is 1.00 bits per heavy atom. The molecule has 1 aliphatic rings. The number of aliphatic hydroxyl groups is 1. The molecule has 0 bridgehead atoms. The maximum atomic E-state index is 9.63. The third kappa shape index (κ3) is 5.44. The van der Waals surface area contributed by atoms with Gasteiger partial charge in [0.25, 0.3) is 0 Å². The normalized spacial score (nSPS) is 34.0. The molecular formula is C15H34O4Si2. The number of aliphatic hydroxyl groups excluding tert-OH is 1. The van der Waals surface area contributed by atoms with Crippen LogP contribution in [0.2, 0.25) is 39.3 Å². The highest BCUT2D eigenvalue weighted by Crippen LogP contribution is 2.38. The third-order valence-electron chi connectivity index (χ3n) is 3.69. The zero-order valence-corrected chi connectivity index (χ0v) is 17.2. The van der Waals surface area contributed by atoms with Crippen LogP contribution >= 0.6 is 0 Å². The van der Waals surface area contributed by atoms with Gasteiger partial charge in [0.1, 0.15) is 0 Å². The number of ether oxygens (including phenoxy) is 1. The molecule has 126 valence electrons. The Hall–Kier alpha value is 0.274. The minimum Gasteiger partial charge on any atom is -0.412 e. The fourth-order valence-electron chi connectivity index (χ4n) is 2.82. The van der Waals surface area contributed by atoms with E-state index in [4.69, 9.17) is 13.6 Å². The largest absolute Gasteiger partial charge is 0.412 e. The highest BCUT2D eigenvalue weighted by atomic mass is 28.4. The van der Waals surface area contributed by atoms with Gasteiger partial charge >= 0.3 is 0 Å². The smallest absolute Gasteiger partial charge is 0.184 e. The van der Waals surface area contributed by atoms with Crippen LogP contribution in [0.25, 0.3) is 0 Å². The summed E-state index contributed by atoms with van der Waals surface area (Å²) in [5, 5.41) is 9.63. The molecule has 1 rings (SSSR count). The molecular weight excluding hydrogens is 300 g/mol. The molecule has 0 spiro atoms. The number of rotatable bonds is 5. The SMILES string of the molecule is CC1C(CO)OC(C)(C)C(O[Si](C)(C)C)C1O[Si](C)(C)C. The Labute approximate surface area is 132 Å². The van der Waals surface area contributed by atoms with Crippen LogP contribution in [-0.2, 0) is 13.6 Å². The Morgan fingerprint density at radius 2 is 1.48 bits per heavy atom. The zero-order valence-electron chi connectivity index (χ0n) is 15.2. The predicted octanol–water partition coefficient (Wildman–Crippen LogP) is 3.23. The summed E-state index contributed by atoms with van der Waals surface area (Å²) in [6, 6.07) is 0. The van der Waals surface area contributed by atoms with Crippen molar-refractivity contribution in [2.24, 2.45) is 5.92 Å².